The van der Waals surface area contributed by atoms with Gasteiger partial charge in [0.05, 0.1) is 13.7 Å². The van der Waals surface area contributed by atoms with Crippen molar-refractivity contribution in [1.29, 1.82) is 0 Å². The highest BCUT2D eigenvalue weighted by Gasteiger charge is 2.11. The summed E-state index contributed by atoms with van der Waals surface area (Å²) < 4.78 is 14.5. The lowest BCUT2D eigenvalue weighted by molar-refractivity contribution is -0.144. The van der Waals surface area contributed by atoms with E-state index in [4.69, 9.17) is 19.7 Å². The van der Waals surface area contributed by atoms with E-state index in [0.29, 0.717) is 37.0 Å². The number of carboxylic acid groups (broad SMARTS) is 1. The fraction of sp³-hybridized carbons (Fsp3) is 0.429. The van der Waals surface area contributed by atoms with Gasteiger partial charge in [0.2, 0.25) is 0 Å². The molecule has 0 aliphatic heterocycles. The van der Waals surface area contributed by atoms with Crippen molar-refractivity contribution in [2.24, 2.45) is 0 Å². The first kappa shape index (κ1) is 41.9. The number of methoxy groups -OCH3 is 1. The van der Waals surface area contributed by atoms with Gasteiger partial charge >= 0.3 is 23.9 Å². The van der Waals surface area contributed by atoms with Gasteiger partial charge in [-0.3, -0.25) is 0 Å². The minimum atomic E-state index is -1.07. The van der Waals surface area contributed by atoms with Gasteiger partial charge in [0.15, 0.2) is 0 Å². The number of esters is 3. The monoisotopic (exact) mass is 614 g/mol. The summed E-state index contributed by atoms with van der Waals surface area (Å²) in [5, 5.41) is 16.9. The van der Waals surface area contributed by atoms with E-state index >= 15 is 0 Å². The molecule has 1 rings (SSSR count). The van der Waals surface area contributed by atoms with Gasteiger partial charge in [0, 0.05) is 35.8 Å². The van der Waals surface area contributed by atoms with E-state index in [2.05, 4.69) is 31.4 Å². The lowest BCUT2D eigenvalue weighted by atomic mass is 10.1. The van der Waals surface area contributed by atoms with Crippen LogP contribution in [0.1, 0.15) is 77.7 Å². The van der Waals surface area contributed by atoms with Gasteiger partial charge in [-0.05, 0) is 38.2 Å². The van der Waals surface area contributed by atoms with Gasteiger partial charge < -0.3 is 24.4 Å². The largest absolute Gasteiger partial charge is 0.478 e. The van der Waals surface area contributed by atoms with E-state index in [-0.39, 0.29) is 36.6 Å². The number of ether oxygens (including phenoxy) is 3. The van der Waals surface area contributed by atoms with E-state index in [1.807, 2.05) is 49.4 Å². The van der Waals surface area contributed by atoms with Crippen LogP contribution in [0.25, 0.3) is 6.08 Å². The molecular formula is C35H50O9. The Morgan fingerprint density at radius 3 is 2.02 bits per heavy atom. The highest BCUT2D eigenvalue weighted by Crippen LogP contribution is 2.08. The Hall–Kier alpha value is -4.24. The van der Waals surface area contributed by atoms with Crippen molar-refractivity contribution in [2.45, 2.75) is 78.2 Å². The Labute approximate surface area is 262 Å². The zero-order chi connectivity index (χ0) is 33.8. The van der Waals surface area contributed by atoms with Gasteiger partial charge in [-0.1, -0.05) is 101 Å². The van der Waals surface area contributed by atoms with Gasteiger partial charge in [-0.15, -0.1) is 0 Å². The summed E-state index contributed by atoms with van der Waals surface area (Å²) in [6, 6.07) is 9.89. The van der Waals surface area contributed by atoms with Crippen LogP contribution in [0.2, 0.25) is 0 Å². The van der Waals surface area contributed by atoms with Gasteiger partial charge in [0.25, 0.3) is 0 Å². The summed E-state index contributed by atoms with van der Waals surface area (Å²) in [5.74, 6) is -2.24. The molecule has 1 unspecified atom stereocenters. The fourth-order valence-electron chi connectivity index (χ4n) is 2.96. The minimum absolute atomic E-state index is 0.0557. The second kappa shape index (κ2) is 27.6. The first-order chi connectivity index (χ1) is 20.9. The molecule has 0 saturated heterocycles. The molecule has 2 N–H and O–H groups in total. The first-order valence-electron chi connectivity index (χ1n) is 14.6. The number of rotatable bonds is 18. The van der Waals surface area contributed by atoms with Crippen LogP contribution in [0.4, 0.5) is 0 Å². The molecular weight excluding hydrogens is 564 g/mol. The second-order valence-electron chi connectivity index (χ2n) is 9.54. The van der Waals surface area contributed by atoms with Crippen molar-refractivity contribution in [2.75, 3.05) is 20.3 Å². The molecule has 244 valence electrons. The third kappa shape index (κ3) is 24.4. The number of hydrogen-bond donors (Lipinski definition) is 2. The van der Waals surface area contributed by atoms with Crippen LogP contribution >= 0.6 is 0 Å². The fourth-order valence-corrected chi connectivity index (χ4v) is 2.96. The van der Waals surface area contributed by atoms with Crippen molar-refractivity contribution in [3.63, 3.8) is 0 Å². The molecule has 1 atom stereocenters. The van der Waals surface area contributed by atoms with Crippen LogP contribution in [0.3, 0.4) is 0 Å². The van der Waals surface area contributed by atoms with Crippen LogP contribution in [0, 0.1) is 0 Å². The highest BCUT2D eigenvalue weighted by molar-refractivity contribution is 5.89. The predicted octanol–water partition coefficient (Wildman–Crippen LogP) is 6.78. The third-order valence-corrected chi connectivity index (χ3v) is 5.65. The number of carboxylic acids is 1. The zero-order valence-corrected chi connectivity index (χ0v) is 26.7. The Morgan fingerprint density at radius 2 is 1.48 bits per heavy atom. The minimum Gasteiger partial charge on any atom is -0.478 e. The van der Waals surface area contributed by atoms with E-state index in [1.165, 1.54) is 26.0 Å². The topological polar surface area (TPSA) is 136 Å². The number of allylic oxidation sites excluding steroid dienone is 2. The maximum Gasteiger partial charge on any atom is 0.333 e. The maximum atomic E-state index is 11.3. The average molecular weight is 615 g/mol. The summed E-state index contributed by atoms with van der Waals surface area (Å²) in [4.78, 5) is 43.6. The maximum absolute atomic E-state index is 11.3. The van der Waals surface area contributed by atoms with Gasteiger partial charge in [-0.25, -0.2) is 19.2 Å². The Morgan fingerprint density at radius 1 is 0.864 bits per heavy atom. The number of aliphatic hydroxyl groups excluding tert-OH is 1. The molecule has 9 heteroatoms. The molecule has 44 heavy (non-hydrogen) atoms. The average Bonchev–Trinajstić information content (AvgIpc) is 3.00. The van der Waals surface area contributed by atoms with Crippen LogP contribution in [-0.2, 0) is 33.4 Å². The lowest BCUT2D eigenvalue weighted by Crippen LogP contribution is -2.17. The second-order valence-corrected chi connectivity index (χ2v) is 9.54. The Balaban J connectivity index is 0. The molecule has 0 spiro atoms. The molecule has 0 aliphatic rings. The van der Waals surface area contributed by atoms with Crippen molar-refractivity contribution >= 4 is 30.0 Å². The van der Waals surface area contributed by atoms with Crippen molar-refractivity contribution in [1.82, 2.24) is 0 Å². The zero-order valence-electron chi connectivity index (χ0n) is 26.7. The number of aliphatic carboxylic acids is 1. The summed E-state index contributed by atoms with van der Waals surface area (Å²) in [7, 11) is 1.36. The van der Waals surface area contributed by atoms with Crippen LogP contribution < -0.4 is 0 Å². The number of carbonyl (C=O) groups excluding carboxylic acids is 3. The highest BCUT2D eigenvalue weighted by atomic mass is 16.5. The molecule has 0 saturated carbocycles. The lowest BCUT2D eigenvalue weighted by Gasteiger charge is -2.12. The number of benzene rings is 1. The smallest absolute Gasteiger partial charge is 0.333 e. The molecule has 0 radical (unpaired) electrons. The summed E-state index contributed by atoms with van der Waals surface area (Å²) in [6.07, 6.45) is 12.0. The van der Waals surface area contributed by atoms with Crippen molar-refractivity contribution in [3.8, 4) is 0 Å². The SMILES string of the molecule is C=C(CC)C(=O)OCCCCCC.C=C(CC=CC(=O)O)C(=O)OC(C)CCO.C=C(CC=Cc1ccccc1)C(=O)OC. The van der Waals surface area contributed by atoms with Gasteiger partial charge in [-0.2, -0.15) is 0 Å². The first-order valence-corrected chi connectivity index (χ1v) is 14.6. The van der Waals surface area contributed by atoms with E-state index in [9.17, 15) is 19.2 Å². The molecule has 0 bridgehead atoms. The van der Waals surface area contributed by atoms with Crippen molar-refractivity contribution < 1.29 is 43.6 Å². The van der Waals surface area contributed by atoms with Crippen LogP contribution in [0.15, 0.2) is 85.0 Å². The molecule has 0 amide bonds. The number of aliphatic hydroxyl groups is 1. The van der Waals surface area contributed by atoms with Crippen LogP contribution in [0.5, 0.6) is 0 Å². The Bertz CT molecular complexity index is 1080. The molecule has 0 aliphatic carbocycles. The Kier molecular flexibility index (Phi) is 26.3. The molecule has 0 heterocycles. The summed E-state index contributed by atoms with van der Waals surface area (Å²) >= 11 is 0. The van der Waals surface area contributed by atoms with Crippen LogP contribution in [-0.4, -0.2) is 60.5 Å². The standard InChI is InChI=1S/C13H14O2.C11H16O5.C11H20O2/c1-11(13(14)15-2)7-6-10-12-8-4-3-5-9-12;1-8(4-3-5-10(13)14)11(15)16-9(2)6-7-12;1-4-6-7-8-9-13-11(12)10(3)5-2/h3-6,8-10H,1,7H2,2H3;3,5,9,12H,1,4,6-7H2,2H3,(H,13,14);3-9H2,1-2H3. The molecule has 1 aromatic rings. The molecule has 1 aromatic carbocycles. The normalized spacial score (nSPS) is 10.8. The van der Waals surface area contributed by atoms with Crippen molar-refractivity contribution in [3.05, 3.63) is 90.6 Å². The molecule has 0 fully saturated rings. The molecule has 9 nitrogen and oxygen atoms in total. The quantitative estimate of drug-likeness (QED) is 0.0793. The van der Waals surface area contributed by atoms with E-state index in [1.54, 1.807) is 6.92 Å². The predicted molar refractivity (Wildman–Crippen MR) is 174 cm³/mol. The van der Waals surface area contributed by atoms with E-state index in [0.717, 1.165) is 24.5 Å². The third-order valence-electron chi connectivity index (χ3n) is 5.65. The number of hydrogen-bond acceptors (Lipinski definition) is 8. The van der Waals surface area contributed by atoms with Gasteiger partial charge in [0.1, 0.15) is 6.10 Å². The number of unbranched alkanes of at least 4 members (excludes halogenated alkanes) is 3. The summed E-state index contributed by atoms with van der Waals surface area (Å²) in [5.41, 5.74) is 2.32. The number of carbonyl (C=O) groups is 4. The van der Waals surface area contributed by atoms with E-state index < -0.39 is 11.9 Å². The summed E-state index contributed by atoms with van der Waals surface area (Å²) in [6.45, 7) is 16.9. The molecule has 0 aromatic heterocycles.